The summed E-state index contributed by atoms with van der Waals surface area (Å²) < 4.78 is 23.7. The van der Waals surface area contributed by atoms with Gasteiger partial charge in [0.2, 0.25) is 5.88 Å². The molecule has 0 saturated carbocycles. The molecule has 0 spiro atoms. The predicted molar refractivity (Wildman–Crippen MR) is 121 cm³/mol. The largest absolute Gasteiger partial charge is 0.477 e. The van der Waals surface area contributed by atoms with Crippen molar-refractivity contribution in [2.75, 3.05) is 31.5 Å². The summed E-state index contributed by atoms with van der Waals surface area (Å²) in [4.78, 5) is 26.3. The lowest BCUT2D eigenvalue weighted by Crippen LogP contribution is -2.30. The van der Waals surface area contributed by atoms with Crippen molar-refractivity contribution in [1.29, 1.82) is 0 Å². The standard InChI is InChI=1S/C22H29FN4O4S/c1-14-11-15(2)16(17(23)12-14)13-31-19-18(21(28)29)20(32-26-19)25-22(30)24-7-3-4-8-27-9-5-6-10-27/h11-12H,3-10,13H2,1-2H3,(H,28,29)(H2,24,25,30). The number of anilines is 1. The van der Waals surface area contributed by atoms with Crippen LogP contribution in [0.3, 0.4) is 0 Å². The minimum absolute atomic E-state index is 0.0724. The highest BCUT2D eigenvalue weighted by Crippen LogP contribution is 2.31. The van der Waals surface area contributed by atoms with Crippen LogP contribution in [-0.2, 0) is 6.61 Å². The number of nitrogens with zero attached hydrogens (tertiary/aromatic N) is 2. The van der Waals surface area contributed by atoms with Crippen LogP contribution in [0.1, 0.15) is 52.7 Å². The Bertz CT molecular complexity index is 936. The number of nitrogens with one attached hydrogen (secondary N) is 2. The zero-order valence-corrected chi connectivity index (χ0v) is 19.2. The lowest BCUT2D eigenvalue weighted by molar-refractivity contribution is 0.0693. The van der Waals surface area contributed by atoms with Gasteiger partial charge in [0, 0.05) is 12.1 Å². The molecule has 1 aromatic heterocycles. The van der Waals surface area contributed by atoms with Gasteiger partial charge in [-0.1, -0.05) is 6.07 Å². The number of amides is 2. The Morgan fingerprint density at radius 1 is 1.25 bits per heavy atom. The number of ether oxygens (including phenoxy) is 1. The zero-order valence-electron chi connectivity index (χ0n) is 18.4. The number of carbonyl (C=O) groups is 2. The van der Waals surface area contributed by atoms with Gasteiger partial charge in [-0.2, -0.15) is 4.37 Å². The molecule has 32 heavy (non-hydrogen) atoms. The molecule has 2 amide bonds. The van der Waals surface area contributed by atoms with E-state index in [1.165, 1.54) is 18.9 Å². The molecule has 0 unspecified atom stereocenters. The van der Waals surface area contributed by atoms with E-state index in [4.69, 9.17) is 4.74 Å². The van der Waals surface area contributed by atoms with Gasteiger partial charge < -0.3 is 20.1 Å². The van der Waals surface area contributed by atoms with Crippen LogP contribution in [0.15, 0.2) is 12.1 Å². The van der Waals surface area contributed by atoms with Crippen LogP contribution in [0.4, 0.5) is 14.2 Å². The fourth-order valence-corrected chi connectivity index (χ4v) is 4.46. The molecule has 0 aliphatic carbocycles. The first-order valence-corrected chi connectivity index (χ1v) is 11.5. The molecule has 0 radical (unpaired) electrons. The molecule has 1 aliphatic heterocycles. The number of aromatic nitrogens is 1. The third-order valence-corrected chi connectivity index (χ3v) is 6.15. The quantitative estimate of drug-likeness (QED) is 0.456. The van der Waals surface area contributed by atoms with Gasteiger partial charge in [0.05, 0.1) is 0 Å². The Hall–Kier alpha value is -2.72. The van der Waals surface area contributed by atoms with E-state index in [9.17, 15) is 19.1 Å². The van der Waals surface area contributed by atoms with Crippen LogP contribution in [0, 0.1) is 19.7 Å². The van der Waals surface area contributed by atoms with E-state index in [2.05, 4.69) is 19.9 Å². The van der Waals surface area contributed by atoms with Gasteiger partial charge in [0.15, 0.2) is 5.56 Å². The topological polar surface area (TPSA) is 104 Å². The Morgan fingerprint density at radius 2 is 2.00 bits per heavy atom. The summed E-state index contributed by atoms with van der Waals surface area (Å²) in [6.45, 7) is 7.22. The molecule has 2 heterocycles. The number of halogens is 1. The Balaban J connectivity index is 1.52. The molecule has 0 bridgehead atoms. The molecule has 8 nitrogen and oxygen atoms in total. The minimum atomic E-state index is -1.28. The maximum Gasteiger partial charge on any atom is 0.344 e. The van der Waals surface area contributed by atoms with E-state index in [-0.39, 0.29) is 23.1 Å². The van der Waals surface area contributed by atoms with E-state index in [1.54, 1.807) is 13.8 Å². The van der Waals surface area contributed by atoms with Gasteiger partial charge in [-0.25, -0.2) is 14.0 Å². The Kier molecular flexibility index (Phi) is 8.40. The average molecular weight is 465 g/mol. The number of aryl methyl sites for hydroxylation is 2. The van der Waals surface area contributed by atoms with Crippen LogP contribution in [0.5, 0.6) is 5.88 Å². The number of carboxylic acid groups (broad SMARTS) is 1. The number of hydrogen-bond donors (Lipinski definition) is 3. The van der Waals surface area contributed by atoms with Crippen LogP contribution >= 0.6 is 11.5 Å². The van der Waals surface area contributed by atoms with Gasteiger partial charge in [-0.3, -0.25) is 5.32 Å². The second-order valence-corrected chi connectivity index (χ2v) is 8.74. The van der Waals surface area contributed by atoms with Crippen LogP contribution in [-0.4, -0.2) is 52.6 Å². The van der Waals surface area contributed by atoms with Crippen LogP contribution in [0.25, 0.3) is 0 Å². The summed E-state index contributed by atoms with van der Waals surface area (Å²) in [5, 5.41) is 14.9. The van der Waals surface area contributed by atoms with Crippen molar-refractivity contribution < 1.29 is 23.8 Å². The van der Waals surface area contributed by atoms with Gasteiger partial charge >= 0.3 is 12.0 Å². The highest BCUT2D eigenvalue weighted by Gasteiger charge is 2.24. The molecule has 0 atom stereocenters. The highest BCUT2D eigenvalue weighted by atomic mass is 32.1. The molecule has 10 heteroatoms. The van der Waals surface area contributed by atoms with Crippen molar-refractivity contribution in [3.63, 3.8) is 0 Å². The average Bonchev–Trinajstić information content (AvgIpc) is 3.37. The SMILES string of the molecule is Cc1cc(C)c(COc2nsc(NC(=O)NCCCCN3CCCC3)c2C(=O)O)c(F)c1. The smallest absolute Gasteiger partial charge is 0.344 e. The first kappa shape index (κ1) is 23.9. The number of likely N-dealkylation sites (tertiary alicyclic amines) is 1. The third kappa shape index (κ3) is 6.39. The summed E-state index contributed by atoms with van der Waals surface area (Å²) >= 11 is 0.811. The van der Waals surface area contributed by atoms with Crippen LogP contribution in [0.2, 0.25) is 0 Å². The Labute approximate surface area is 190 Å². The van der Waals surface area contributed by atoms with Crippen LogP contribution < -0.4 is 15.4 Å². The van der Waals surface area contributed by atoms with Crippen molar-refractivity contribution in [2.24, 2.45) is 0 Å². The maximum atomic E-state index is 14.2. The van der Waals surface area contributed by atoms with E-state index in [0.29, 0.717) is 17.7 Å². The van der Waals surface area contributed by atoms with Gasteiger partial charge in [0.1, 0.15) is 17.4 Å². The fraction of sp³-hybridized carbons (Fsp3) is 0.500. The fourth-order valence-electron chi connectivity index (χ4n) is 3.73. The summed E-state index contributed by atoms with van der Waals surface area (Å²) in [6.07, 6.45) is 4.35. The number of hydrogen-bond acceptors (Lipinski definition) is 6. The molecular weight excluding hydrogens is 435 g/mol. The molecule has 174 valence electrons. The highest BCUT2D eigenvalue weighted by molar-refractivity contribution is 7.11. The predicted octanol–water partition coefficient (Wildman–Crippen LogP) is 4.17. The molecule has 1 aromatic carbocycles. The number of carboxylic acids is 1. The van der Waals surface area contributed by atoms with Gasteiger partial charge in [0.25, 0.3) is 0 Å². The molecule has 1 saturated heterocycles. The van der Waals surface area contributed by atoms with Crippen molar-refractivity contribution in [2.45, 2.75) is 46.1 Å². The van der Waals surface area contributed by atoms with E-state index >= 15 is 0 Å². The van der Waals surface area contributed by atoms with Crippen molar-refractivity contribution in [3.8, 4) is 5.88 Å². The summed E-state index contributed by atoms with van der Waals surface area (Å²) in [6, 6.07) is 2.72. The van der Waals surface area contributed by atoms with E-state index in [1.807, 2.05) is 6.07 Å². The summed E-state index contributed by atoms with van der Waals surface area (Å²) in [5.41, 5.74) is 1.58. The second-order valence-electron chi connectivity index (χ2n) is 7.96. The Morgan fingerprint density at radius 3 is 2.69 bits per heavy atom. The monoisotopic (exact) mass is 464 g/mol. The number of aromatic carboxylic acids is 1. The number of carbonyl (C=O) groups excluding carboxylic acids is 1. The first-order chi connectivity index (χ1) is 15.3. The number of rotatable bonds is 10. The van der Waals surface area contributed by atoms with Gasteiger partial charge in [-0.05, 0) is 87.9 Å². The molecule has 3 rings (SSSR count). The van der Waals surface area contributed by atoms with Crippen molar-refractivity contribution >= 4 is 28.5 Å². The summed E-state index contributed by atoms with van der Waals surface area (Å²) in [7, 11) is 0. The normalized spacial score (nSPS) is 13.8. The molecule has 3 N–H and O–H groups in total. The number of unbranched alkanes of at least 4 members (excludes halogenated alkanes) is 1. The molecule has 1 fully saturated rings. The van der Waals surface area contributed by atoms with E-state index < -0.39 is 17.8 Å². The second kappa shape index (κ2) is 11.2. The third-order valence-electron chi connectivity index (χ3n) is 5.40. The van der Waals surface area contributed by atoms with E-state index in [0.717, 1.165) is 49.6 Å². The summed E-state index contributed by atoms with van der Waals surface area (Å²) in [5.74, 6) is -1.85. The van der Waals surface area contributed by atoms with Crippen molar-refractivity contribution in [1.82, 2.24) is 14.6 Å². The van der Waals surface area contributed by atoms with Gasteiger partial charge in [-0.15, -0.1) is 0 Å². The lowest BCUT2D eigenvalue weighted by Gasteiger charge is -2.14. The molecular formula is C22H29FN4O4S. The number of benzene rings is 1. The lowest BCUT2D eigenvalue weighted by atomic mass is 10.1. The number of urea groups is 1. The molecule has 2 aromatic rings. The van der Waals surface area contributed by atoms with Crippen molar-refractivity contribution in [3.05, 3.63) is 40.2 Å². The zero-order chi connectivity index (χ0) is 23.1. The maximum absolute atomic E-state index is 14.2. The first-order valence-electron chi connectivity index (χ1n) is 10.7. The molecule has 1 aliphatic rings. The minimum Gasteiger partial charge on any atom is -0.477 e.